The lowest BCUT2D eigenvalue weighted by atomic mass is 10.1. The Bertz CT molecular complexity index is 1090. The number of rotatable bonds is 5. The Morgan fingerprint density at radius 2 is 1.70 bits per heavy atom. The summed E-state index contributed by atoms with van der Waals surface area (Å²) in [5, 5.41) is 9.53. The predicted molar refractivity (Wildman–Crippen MR) is 107 cm³/mol. The van der Waals surface area contributed by atoms with Crippen LogP contribution in [-0.2, 0) is 6.61 Å². The summed E-state index contributed by atoms with van der Waals surface area (Å²) in [6, 6.07) is 27.7. The molecule has 130 valence electrons. The van der Waals surface area contributed by atoms with Crippen LogP contribution in [0.2, 0.25) is 0 Å². The van der Waals surface area contributed by atoms with E-state index in [-0.39, 0.29) is 0 Å². The minimum absolute atomic E-state index is 0.490. The van der Waals surface area contributed by atoms with E-state index in [1.807, 2.05) is 84.9 Å². The SMILES string of the molecule is N#C/C(=C\c1ccc(OCc2ccccc2)cc1)c1nc2ccccc2[nH]1. The molecule has 0 saturated heterocycles. The zero-order valence-corrected chi connectivity index (χ0v) is 14.6. The van der Waals surface area contributed by atoms with E-state index in [9.17, 15) is 5.26 Å². The van der Waals surface area contributed by atoms with E-state index in [1.54, 1.807) is 0 Å². The molecule has 0 spiro atoms. The third-order valence-corrected chi connectivity index (χ3v) is 4.20. The minimum atomic E-state index is 0.490. The first-order valence-electron chi connectivity index (χ1n) is 8.65. The van der Waals surface area contributed by atoms with Crippen molar-refractivity contribution in [1.29, 1.82) is 5.26 Å². The molecule has 4 nitrogen and oxygen atoms in total. The lowest BCUT2D eigenvalue weighted by Gasteiger charge is -2.06. The Hall–Kier alpha value is -3.84. The standard InChI is InChI=1S/C23H17N3O/c24-15-19(23-25-21-8-4-5-9-22(21)26-23)14-17-10-12-20(13-11-17)27-16-18-6-2-1-3-7-18/h1-14H,16H2,(H,25,26)/b19-14+. The first-order valence-corrected chi connectivity index (χ1v) is 8.65. The molecule has 4 aromatic rings. The van der Waals surface area contributed by atoms with Crippen LogP contribution in [0.3, 0.4) is 0 Å². The summed E-state index contributed by atoms with van der Waals surface area (Å²) < 4.78 is 5.80. The van der Waals surface area contributed by atoms with Gasteiger partial charge in [-0.15, -0.1) is 0 Å². The largest absolute Gasteiger partial charge is 0.489 e. The van der Waals surface area contributed by atoms with E-state index in [0.29, 0.717) is 18.0 Å². The van der Waals surface area contributed by atoms with Crippen LogP contribution in [-0.4, -0.2) is 9.97 Å². The molecule has 1 N–H and O–H groups in total. The van der Waals surface area contributed by atoms with E-state index in [1.165, 1.54) is 0 Å². The maximum absolute atomic E-state index is 9.53. The van der Waals surface area contributed by atoms with Gasteiger partial charge in [0.05, 0.1) is 16.6 Å². The molecule has 0 unspecified atom stereocenters. The molecular weight excluding hydrogens is 334 g/mol. The molecule has 0 aliphatic rings. The zero-order valence-electron chi connectivity index (χ0n) is 14.6. The highest BCUT2D eigenvalue weighted by atomic mass is 16.5. The number of H-pyrrole nitrogens is 1. The summed E-state index contributed by atoms with van der Waals surface area (Å²) in [5.74, 6) is 1.36. The number of nitriles is 1. The molecule has 0 aliphatic carbocycles. The third kappa shape index (κ3) is 3.88. The van der Waals surface area contributed by atoms with Crippen LogP contribution in [0.5, 0.6) is 5.75 Å². The average Bonchev–Trinajstić information content (AvgIpc) is 3.16. The Balaban J connectivity index is 1.51. The first-order chi connectivity index (χ1) is 13.3. The fraction of sp³-hybridized carbons (Fsp3) is 0.0435. The van der Waals surface area contributed by atoms with Crippen LogP contribution >= 0.6 is 0 Å². The van der Waals surface area contributed by atoms with Crippen LogP contribution in [0.15, 0.2) is 78.9 Å². The normalized spacial score (nSPS) is 11.3. The number of ether oxygens (including phenoxy) is 1. The molecule has 1 aromatic heterocycles. The van der Waals surface area contributed by atoms with Gasteiger partial charge in [-0.1, -0.05) is 54.6 Å². The van der Waals surface area contributed by atoms with Crippen molar-refractivity contribution in [2.75, 3.05) is 0 Å². The molecule has 0 radical (unpaired) electrons. The Morgan fingerprint density at radius 3 is 2.44 bits per heavy atom. The number of allylic oxidation sites excluding steroid dienone is 1. The quantitative estimate of drug-likeness (QED) is 0.502. The number of para-hydroxylation sites is 2. The fourth-order valence-electron chi connectivity index (χ4n) is 2.80. The number of nitrogens with zero attached hydrogens (tertiary/aromatic N) is 2. The van der Waals surface area contributed by atoms with Gasteiger partial charge < -0.3 is 9.72 Å². The monoisotopic (exact) mass is 351 g/mol. The summed E-state index contributed by atoms with van der Waals surface area (Å²) in [7, 11) is 0. The van der Waals surface area contributed by atoms with Gasteiger partial charge in [0.1, 0.15) is 24.3 Å². The molecule has 3 aromatic carbocycles. The van der Waals surface area contributed by atoms with Gasteiger partial charge in [-0.3, -0.25) is 0 Å². The lowest BCUT2D eigenvalue weighted by Crippen LogP contribution is -1.94. The smallest absolute Gasteiger partial charge is 0.149 e. The summed E-state index contributed by atoms with van der Waals surface area (Å²) in [6.45, 7) is 0.526. The number of imidazole rings is 1. The van der Waals surface area contributed by atoms with E-state index < -0.39 is 0 Å². The van der Waals surface area contributed by atoms with Crippen molar-refractivity contribution in [3.63, 3.8) is 0 Å². The van der Waals surface area contributed by atoms with Gasteiger partial charge in [0.15, 0.2) is 0 Å². The number of fused-ring (bicyclic) bond motifs is 1. The molecule has 4 rings (SSSR count). The number of aromatic amines is 1. The molecule has 0 atom stereocenters. The topological polar surface area (TPSA) is 61.7 Å². The number of hydrogen-bond acceptors (Lipinski definition) is 3. The number of aromatic nitrogens is 2. The van der Waals surface area contributed by atoms with Gasteiger partial charge in [0.2, 0.25) is 0 Å². The van der Waals surface area contributed by atoms with E-state index in [2.05, 4.69) is 16.0 Å². The van der Waals surface area contributed by atoms with Crippen molar-refractivity contribution in [2.45, 2.75) is 6.61 Å². The Kier molecular flexibility index (Phi) is 4.67. The summed E-state index contributed by atoms with van der Waals surface area (Å²) in [6.07, 6.45) is 1.82. The highest BCUT2D eigenvalue weighted by Gasteiger charge is 2.07. The predicted octanol–water partition coefficient (Wildman–Crippen LogP) is 5.21. The second-order valence-corrected chi connectivity index (χ2v) is 6.12. The Labute approximate surface area is 157 Å². The van der Waals surface area contributed by atoms with Crippen molar-refractivity contribution in [1.82, 2.24) is 9.97 Å². The highest BCUT2D eigenvalue weighted by molar-refractivity contribution is 5.90. The number of hydrogen-bond donors (Lipinski definition) is 1. The average molecular weight is 351 g/mol. The van der Waals surface area contributed by atoms with E-state index >= 15 is 0 Å². The lowest BCUT2D eigenvalue weighted by molar-refractivity contribution is 0.306. The summed E-state index contributed by atoms with van der Waals surface area (Å²) in [5.41, 5.74) is 4.29. The van der Waals surface area contributed by atoms with Crippen molar-refractivity contribution in [3.05, 3.63) is 95.8 Å². The Morgan fingerprint density at radius 1 is 0.963 bits per heavy atom. The summed E-state index contributed by atoms with van der Waals surface area (Å²) in [4.78, 5) is 7.68. The molecule has 4 heteroatoms. The highest BCUT2D eigenvalue weighted by Crippen LogP contribution is 2.21. The second kappa shape index (κ2) is 7.59. The van der Waals surface area contributed by atoms with Crippen LogP contribution < -0.4 is 4.74 Å². The third-order valence-electron chi connectivity index (χ3n) is 4.20. The molecule has 0 aliphatic heterocycles. The molecule has 27 heavy (non-hydrogen) atoms. The molecule has 0 amide bonds. The van der Waals surface area contributed by atoms with Gasteiger partial charge in [0.25, 0.3) is 0 Å². The molecule has 0 saturated carbocycles. The first kappa shape index (κ1) is 16.6. The zero-order chi connectivity index (χ0) is 18.5. The maximum Gasteiger partial charge on any atom is 0.149 e. The van der Waals surface area contributed by atoms with Crippen molar-refractivity contribution in [3.8, 4) is 11.8 Å². The maximum atomic E-state index is 9.53. The van der Waals surface area contributed by atoms with Crippen molar-refractivity contribution in [2.24, 2.45) is 0 Å². The number of benzene rings is 3. The van der Waals surface area contributed by atoms with Crippen LogP contribution in [0.25, 0.3) is 22.7 Å². The molecular formula is C23H17N3O. The van der Waals surface area contributed by atoms with E-state index in [4.69, 9.17) is 4.74 Å². The number of nitrogens with one attached hydrogen (secondary N) is 1. The molecule has 1 heterocycles. The van der Waals surface area contributed by atoms with Gasteiger partial charge >= 0.3 is 0 Å². The van der Waals surface area contributed by atoms with Gasteiger partial charge in [0, 0.05) is 0 Å². The molecule has 0 fully saturated rings. The van der Waals surface area contributed by atoms with Crippen molar-refractivity contribution >= 4 is 22.7 Å². The van der Waals surface area contributed by atoms with E-state index in [0.717, 1.165) is 27.9 Å². The van der Waals surface area contributed by atoms with Crippen LogP contribution in [0.1, 0.15) is 17.0 Å². The van der Waals surface area contributed by atoms with Gasteiger partial charge in [-0.05, 0) is 41.5 Å². The van der Waals surface area contributed by atoms with Crippen molar-refractivity contribution < 1.29 is 4.74 Å². The van der Waals surface area contributed by atoms with Gasteiger partial charge in [-0.25, -0.2) is 4.98 Å². The van der Waals surface area contributed by atoms with Crippen LogP contribution in [0, 0.1) is 11.3 Å². The summed E-state index contributed by atoms with van der Waals surface area (Å²) >= 11 is 0. The fourth-order valence-corrected chi connectivity index (χ4v) is 2.80. The van der Waals surface area contributed by atoms with Gasteiger partial charge in [-0.2, -0.15) is 5.26 Å². The van der Waals surface area contributed by atoms with Crippen LogP contribution in [0.4, 0.5) is 0 Å². The minimum Gasteiger partial charge on any atom is -0.489 e. The second-order valence-electron chi connectivity index (χ2n) is 6.12. The molecule has 0 bridgehead atoms.